The van der Waals surface area contributed by atoms with E-state index in [0.29, 0.717) is 0 Å². The van der Waals surface area contributed by atoms with E-state index >= 15 is 0 Å². The normalized spacial score (nSPS) is 18.7. The zero-order valence-corrected chi connectivity index (χ0v) is 43.4. The fourth-order valence-corrected chi connectivity index (χ4v) is 12.8. The predicted octanol–water partition coefficient (Wildman–Crippen LogP) is 16.0. The third-order valence-electron chi connectivity index (χ3n) is 17.3. The summed E-state index contributed by atoms with van der Waals surface area (Å²) in [5.41, 5.74) is 23.4. The monoisotopic (exact) mass is 897 g/mol. The highest BCUT2D eigenvalue weighted by Crippen LogP contribution is 2.54. The van der Waals surface area contributed by atoms with Gasteiger partial charge in [0.15, 0.2) is 0 Å². The molecule has 0 fully saturated rings. The SMILES string of the molecule is Cc1cc2c3c(c1)N(c1ccc4oc5ccc(C(C)(C)C)cc5c4c1)c1c(oc4cc5c(cc14)C(C)(C)CCC5(C)C)B3c1cc3c(cc1N2c1ccc(C(C)(C)C)cc1)C(C)(C)CCC3(C)C. The van der Waals surface area contributed by atoms with Gasteiger partial charge in [0.1, 0.15) is 16.7 Å². The van der Waals surface area contributed by atoms with Crippen LogP contribution < -0.4 is 26.4 Å². The third kappa shape index (κ3) is 6.25. The molecule has 0 spiro atoms. The average molecular weight is 897 g/mol. The Kier molecular flexibility index (Phi) is 8.83. The lowest BCUT2D eigenvalue weighted by Gasteiger charge is -2.46. The molecule has 5 heteroatoms. The Labute approximate surface area is 405 Å². The van der Waals surface area contributed by atoms with Crippen LogP contribution in [0.1, 0.15) is 162 Å². The van der Waals surface area contributed by atoms with E-state index in [1.807, 2.05) is 0 Å². The molecule has 12 rings (SSSR count). The van der Waals surface area contributed by atoms with Gasteiger partial charge in [-0.3, -0.25) is 0 Å². The Morgan fingerprint density at radius 1 is 0.456 bits per heavy atom. The molecular formula is C63H69BN2O2. The van der Waals surface area contributed by atoms with Crippen molar-refractivity contribution >= 4 is 90.3 Å². The Morgan fingerprint density at radius 2 is 0.956 bits per heavy atom. The van der Waals surface area contributed by atoms with E-state index in [4.69, 9.17) is 8.83 Å². The lowest BCUT2D eigenvalue weighted by atomic mass is 9.35. The molecule has 0 radical (unpaired) electrons. The first-order valence-electron chi connectivity index (χ1n) is 25.4. The molecule has 68 heavy (non-hydrogen) atoms. The smallest absolute Gasteiger partial charge is 0.297 e. The summed E-state index contributed by atoms with van der Waals surface area (Å²) in [7, 11) is 0. The Bertz CT molecular complexity index is 3450. The number of rotatable bonds is 2. The molecular weight excluding hydrogens is 828 g/mol. The Morgan fingerprint density at radius 3 is 1.56 bits per heavy atom. The van der Waals surface area contributed by atoms with Crippen LogP contribution in [0.3, 0.4) is 0 Å². The van der Waals surface area contributed by atoms with Crippen molar-refractivity contribution in [3.8, 4) is 0 Å². The van der Waals surface area contributed by atoms with Crippen LogP contribution in [0.2, 0.25) is 0 Å². The summed E-state index contributed by atoms with van der Waals surface area (Å²) in [4.78, 5) is 5.17. The van der Waals surface area contributed by atoms with E-state index in [2.05, 4.69) is 211 Å². The summed E-state index contributed by atoms with van der Waals surface area (Å²) in [6, 6.07) is 38.1. The van der Waals surface area contributed by atoms with Gasteiger partial charge < -0.3 is 18.6 Å². The highest BCUT2D eigenvalue weighted by molar-refractivity contribution is 7.00. The molecule has 0 amide bonds. The summed E-state index contributed by atoms with van der Waals surface area (Å²) in [6.07, 6.45) is 4.60. The van der Waals surface area contributed by atoms with Crippen LogP contribution in [0, 0.1) is 6.92 Å². The molecule has 4 nitrogen and oxygen atoms in total. The first kappa shape index (κ1) is 43.6. The molecule has 0 N–H and O–H groups in total. The van der Waals surface area contributed by atoms with Crippen LogP contribution in [0.15, 0.2) is 106 Å². The first-order valence-corrected chi connectivity index (χ1v) is 25.4. The van der Waals surface area contributed by atoms with E-state index in [-0.39, 0.29) is 39.2 Å². The molecule has 2 aliphatic heterocycles. The van der Waals surface area contributed by atoms with E-state index in [1.54, 1.807) is 0 Å². The van der Waals surface area contributed by atoms with Gasteiger partial charge in [0, 0.05) is 44.6 Å². The molecule has 8 aromatic rings. The van der Waals surface area contributed by atoms with Crippen molar-refractivity contribution in [3.63, 3.8) is 0 Å². The van der Waals surface area contributed by atoms with Gasteiger partial charge in [-0.05, 0) is 188 Å². The molecule has 346 valence electrons. The maximum absolute atomic E-state index is 7.65. The quantitative estimate of drug-likeness (QED) is 0.162. The van der Waals surface area contributed by atoms with Crippen LogP contribution >= 0.6 is 0 Å². The number of nitrogens with zero attached hydrogens (tertiary/aromatic N) is 2. The van der Waals surface area contributed by atoms with E-state index < -0.39 is 0 Å². The first-order chi connectivity index (χ1) is 31.8. The predicted molar refractivity (Wildman–Crippen MR) is 290 cm³/mol. The largest absolute Gasteiger partial charge is 0.468 e. The number of hydrogen-bond acceptors (Lipinski definition) is 4. The van der Waals surface area contributed by atoms with Crippen molar-refractivity contribution in [2.75, 3.05) is 9.80 Å². The van der Waals surface area contributed by atoms with Gasteiger partial charge in [-0.25, -0.2) is 0 Å². The number of aryl methyl sites for hydroxylation is 1. The van der Waals surface area contributed by atoms with Crippen molar-refractivity contribution in [3.05, 3.63) is 136 Å². The highest BCUT2D eigenvalue weighted by Gasteiger charge is 2.50. The minimum atomic E-state index is -0.128. The molecule has 4 heterocycles. The van der Waals surface area contributed by atoms with Crippen LogP contribution in [0.25, 0.3) is 32.9 Å². The van der Waals surface area contributed by atoms with E-state index in [9.17, 15) is 0 Å². The molecule has 2 aliphatic carbocycles. The van der Waals surface area contributed by atoms with Gasteiger partial charge in [0.05, 0.1) is 11.3 Å². The third-order valence-corrected chi connectivity index (χ3v) is 17.3. The fourth-order valence-electron chi connectivity index (χ4n) is 12.8. The second kappa shape index (κ2) is 13.8. The lowest BCUT2D eigenvalue weighted by Crippen LogP contribution is -2.61. The van der Waals surface area contributed by atoms with Crippen molar-refractivity contribution < 1.29 is 8.83 Å². The summed E-state index contributed by atoms with van der Waals surface area (Å²) in [5, 5.41) is 3.47. The highest BCUT2D eigenvalue weighted by atomic mass is 16.3. The maximum atomic E-state index is 7.65. The van der Waals surface area contributed by atoms with Crippen LogP contribution in [0.5, 0.6) is 0 Å². The minimum absolute atomic E-state index is 0.00341. The summed E-state index contributed by atoms with van der Waals surface area (Å²) in [6.45, 7) is 35.5. The summed E-state index contributed by atoms with van der Waals surface area (Å²) >= 11 is 0. The van der Waals surface area contributed by atoms with Gasteiger partial charge in [-0.15, -0.1) is 0 Å². The van der Waals surface area contributed by atoms with Crippen molar-refractivity contribution in [1.82, 2.24) is 0 Å². The maximum Gasteiger partial charge on any atom is 0.297 e. The molecule has 4 aliphatic rings. The van der Waals surface area contributed by atoms with Crippen molar-refractivity contribution in [2.45, 2.75) is 162 Å². The molecule has 6 aromatic carbocycles. The van der Waals surface area contributed by atoms with Gasteiger partial charge >= 0.3 is 0 Å². The number of fused-ring (bicyclic) bond motifs is 11. The average Bonchev–Trinajstić information content (AvgIpc) is 3.83. The summed E-state index contributed by atoms with van der Waals surface area (Å²) < 4.78 is 14.3. The van der Waals surface area contributed by atoms with Crippen LogP contribution in [-0.2, 0) is 32.5 Å². The number of furan rings is 2. The summed E-state index contributed by atoms with van der Waals surface area (Å²) in [5.74, 6) is 0. The molecule has 0 unspecified atom stereocenters. The van der Waals surface area contributed by atoms with Crippen LogP contribution in [0.4, 0.5) is 34.1 Å². The fraction of sp³-hybridized carbons (Fsp3) is 0.397. The zero-order valence-electron chi connectivity index (χ0n) is 43.4. The van der Waals surface area contributed by atoms with E-state index in [0.717, 1.165) is 70.2 Å². The second-order valence-electron chi connectivity index (χ2n) is 26.1. The molecule has 0 saturated heterocycles. The lowest BCUT2D eigenvalue weighted by molar-refractivity contribution is 0.332. The number of anilines is 6. The Balaban J connectivity index is 1.21. The molecule has 0 bridgehead atoms. The standard InChI is InChI=1S/C63H69BN2O2/c1-36-28-50-55-51(29-36)66(40-21-23-53-42(31-40)41-30-38(59(5,6)7)18-22-52(41)67-53)56-43-32-44-47(63(14,15)27-24-60(44,8)9)35-54(43)68-57(56)64(55)48-33-45-46(62(12,13)26-25-61(45,10)11)34-49(48)65(50)39-19-16-37(17-20-39)58(2,3)4/h16-23,28-35H,24-27H2,1-15H3. The van der Waals surface area contributed by atoms with E-state index in [1.165, 1.54) is 78.0 Å². The number of benzene rings is 6. The van der Waals surface area contributed by atoms with Crippen molar-refractivity contribution in [1.29, 1.82) is 0 Å². The topological polar surface area (TPSA) is 32.8 Å². The van der Waals surface area contributed by atoms with Crippen molar-refractivity contribution in [2.24, 2.45) is 0 Å². The molecule has 2 aromatic heterocycles. The molecule has 0 saturated carbocycles. The number of hydrogen-bond donors (Lipinski definition) is 0. The van der Waals surface area contributed by atoms with Gasteiger partial charge in [0.25, 0.3) is 6.71 Å². The van der Waals surface area contributed by atoms with Gasteiger partial charge in [-0.2, -0.15) is 0 Å². The van der Waals surface area contributed by atoms with Gasteiger partial charge in [0.2, 0.25) is 0 Å². The zero-order chi connectivity index (χ0) is 48.0. The Hall–Kier alpha value is -5.68. The minimum Gasteiger partial charge on any atom is -0.468 e. The second-order valence-corrected chi connectivity index (χ2v) is 26.1. The van der Waals surface area contributed by atoms with Crippen LogP contribution in [-0.4, -0.2) is 6.71 Å². The van der Waals surface area contributed by atoms with Gasteiger partial charge in [-0.1, -0.05) is 121 Å². The molecule has 0 atom stereocenters.